The van der Waals surface area contributed by atoms with E-state index < -0.39 is 5.60 Å². The fraction of sp³-hybridized carbons (Fsp3) is 0.933. The van der Waals surface area contributed by atoms with Crippen LogP contribution in [0.25, 0.3) is 0 Å². The first-order chi connectivity index (χ1) is 8.90. The van der Waals surface area contributed by atoms with Crippen molar-refractivity contribution < 1.29 is 9.53 Å². The Kier molecular flexibility index (Phi) is 4.39. The molecule has 2 rings (SSSR count). The van der Waals surface area contributed by atoms with E-state index in [0.717, 1.165) is 31.8 Å². The molecule has 4 nitrogen and oxygen atoms in total. The van der Waals surface area contributed by atoms with Crippen molar-refractivity contribution in [1.82, 2.24) is 10.2 Å². The molecule has 1 saturated carbocycles. The summed E-state index contributed by atoms with van der Waals surface area (Å²) in [4.78, 5) is 14.3. The zero-order chi connectivity index (χ0) is 14.0. The highest BCUT2D eigenvalue weighted by Crippen LogP contribution is 2.36. The lowest BCUT2D eigenvalue weighted by atomic mass is 9.96. The number of rotatable bonds is 3. The minimum Gasteiger partial charge on any atom is -0.444 e. The maximum atomic E-state index is 12.4. The molecule has 110 valence electrons. The third-order valence-electron chi connectivity index (χ3n) is 3.96. The predicted molar refractivity (Wildman–Crippen MR) is 76.2 cm³/mol. The lowest BCUT2D eigenvalue weighted by Gasteiger charge is -2.42. The van der Waals surface area contributed by atoms with Crippen molar-refractivity contribution >= 4 is 6.09 Å². The van der Waals surface area contributed by atoms with Gasteiger partial charge in [-0.2, -0.15) is 0 Å². The van der Waals surface area contributed by atoms with Gasteiger partial charge >= 0.3 is 6.09 Å². The van der Waals surface area contributed by atoms with Crippen LogP contribution < -0.4 is 5.32 Å². The van der Waals surface area contributed by atoms with E-state index in [4.69, 9.17) is 4.74 Å². The molecular formula is C15H28N2O2. The van der Waals surface area contributed by atoms with E-state index in [-0.39, 0.29) is 6.09 Å². The minimum atomic E-state index is -0.409. The zero-order valence-electron chi connectivity index (χ0n) is 12.7. The summed E-state index contributed by atoms with van der Waals surface area (Å²) in [5, 5.41) is 3.55. The summed E-state index contributed by atoms with van der Waals surface area (Å²) in [5.74, 6) is 0.823. The van der Waals surface area contributed by atoms with Crippen LogP contribution in [0.5, 0.6) is 0 Å². The Morgan fingerprint density at radius 3 is 2.58 bits per heavy atom. The summed E-state index contributed by atoms with van der Waals surface area (Å²) in [6.45, 7) is 9.62. The molecule has 2 atom stereocenters. The highest BCUT2D eigenvalue weighted by molar-refractivity contribution is 5.69. The molecule has 2 aliphatic rings. The normalized spacial score (nSPS) is 28.3. The molecule has 1 heterocycles. The van der Waals surface area contributed by atoms with Crippen LogP contribution in [-0.4, -0.2) is 41.8 Å². The van der Waals surface area contributed by atoms with E-state index in [9.17, 15) is 4.79 Å². The van der Waals surface area contributed by atoms with Gasteiger partial charge in [-0.25, -0.2) is 4.79 Å². The molecular weight excluding hydrogens is 240 g/mol. The third-order valence-corrected chi connectivity index (χ3v) is 3.96. The Morgan fingerprint density at radius 2 is 2.05 bits per heavy atom. The Hall–Kier alpha value is -0.770. The summed E-state index contributed by atoms with van der Waals surface area (Å²) < 4.78 is 5.56. The molecule has 2 fully saturated rings. The largest absolute Gasteiger partial charge is 0.444 e. The van der Waals surface area contributed by atoms with Gasteiger partial charge in [-0.1, -0.05) is 19.8 Å². The van der Waals surface area contributed by atoms with Crippen LogP contribution in [0.4, 0.5) is 4.79 Å². The van der Waals surface area contributed by atoms with E-state index >= 15 is 0 Å². The standard InChI is InChI=1S/C15H28N2O2/c1-5-12-13(10-11-6-7-11)17(9-8-16-12)14(18)19-15(2,3)4/h11-13,16H,5-10H2,1-4H3/t12?,13-/m0/s1. The number of ether oxygens (including phenoxy) is 1. The fourth-order valence-electron chi connectivity index (χ4n) is 2.84. The van der Waals surface area contributed by atoms with Crippen molar-refractivity contribution in [2.75, 3.05) is 13.1 Å². The van der Waals surface area contributed by atoms with Crippen LogP contribution in [0, 0.1) is 5.92 Å². The second-order valence-corrected chi connectivity index (χ2v) is 6.89. The number of amides is 1. The highest BCUT2D eigenvalue weighted by Gasteiger charge is 2.38. The van der Waals surface area contributed by atoms with E-state index in [0.29, 0.717) is 12.1 Å². The van der Waals surface area contributed by atoms with Gasteiger partial charge < -0.3 is 15.0 Å². The molecule has 0 bridgehead atoms. The van der Waals surface area contributed by atoms with E-state index in [1.807, 2.05) is 25.7 Å². The smallest absolute Gasteiger partial charge is 0.410 e. The van der Waals surface area contributed by atoms with Crippen molar-refractivity contribution in [2.24, 2.45) is 5.92 Å². The van der Waals surface area contributed by atoms with Gasteiger partial charge in [0.2, 0.25) is 0 Å². The first-order valence-electron chi connectivity index (χ1n) is 7.63. The Balaban J connectivity index is 2.03. The highest BCUT2D eigenvalue weighted by atomic mass is 16.6. The number of nitrogens with one attached hydrogen (secondary N) is 1. The molecule has 4 heteroatoms. The molecule has 1 amide bonds. The number of carbonyl (C=O) groups is 1. The summed E-state index contributed by atoms with van der Waals surface area (Å²) in [6, 6.07) is 0.725. The SMILES string of the molecule is CCC1NCCN(C(=O)OC(C)(C)C)[C@H]1CC1CC1. The van der Waals surface area contributed by atoms with E-state index in [2.05, 4.69) is 12.2 Å². The lowest BCUT2D eigenvalue weighted by Crippen LogP contribution is -2.60. The van der Waals surface area contributed by atoms with Crippen molar-refractivity contribution in [3.63, 3.8) is 0 Å². The molecule has 1 unspecified atom stereocenters. The van der Waals surface area contributed by atoms with Crippen LogP contribution in [0.3, 0.4) is 0 Å². The first kappa shape index (κ1) is 14.6. The molecule has 1 saturated heterocycles. The zero-order valence-corrected chi connectivity index (χ0v) is 12.7. The Morgan fingerprint density at radius 1 is 1.37 bits per heavy atom. The van der Waals surface area contributed by atoms with Crippen molar-refractivity contribution in [1.29, 1.82) is 0 Å². The molecule has 0 aromatic heterocycles. The van der Waals surface area contributed by atoms with E-state index in [1.54, 1.807) is 0 Å². The molecule has 0 aromatic carbocycles. The number of piperazine rings is 1. The van der Waals surface area contributed by atoms with Crippen LogP contribution in [0.2, 0.25) is 0 Å². The Bertz CT molecular complexity index is 321. The molecule has 1 aliphatic heterocycles. The van der Waals surface area contributed by atoms with Gasteiger partial charge in [0.1, 0.15) is 5.60 Å². The van der Waals surface area contributed by atoms with Gasteiger partial charge in [-0.3, -0.25) is 0 Å². The number of hydrogen-bond acceptors (Lipinski definition) is 3. The minimum absolute atomic E-state index is 0.141. The number of carbonyl (C=O) groups excluding carboxylic acids is 1. The molecule has 1 N–H and O–H groups in total. The summed E-state index contributed by atoms with van der Waals surface area (Å²) in [6.07, 6.45) is 4.71. The predicted octanol–water partition coefficient (Wildman–Crippen LogP) is 2.77. The monoisotopic (exact) mass is 268 g/mol. The third kappa shape index (κ3) is 4.10. The van der Waals surface area contributed by atoms with Crippen molar-refractivity contribution in [3.05, 3.63) is 0 Å². The summed E-state index contributed by atoms with van der Waals surface area (Å²) in [5.41, 5.74) is -0.409. The van der Waals surface area contributed by atoms with Gasteiger partial charge in [0.15, 0.2) is 0 Å². The second kappa shape index (κ2) is 5.70. The lowest BCUT2D eigenvalue weighted by molar-refractivity contribution is 0.00342. The van der Waals surface area contributed by atoms with Crippen LogP contribution >= 0.6 is 0 Å². The second-order valence-electron chi connectivity index (χ2n) is 6.89. The maximum Gasteiger partial charge on any atom is 0.410 e. The molecule has 19 heavy (non-hydrogen) atoms. The average molecular weight is 268 g/mol. The molecule has 0 aromatic rings. The topological polar surface area (TPSA) is 41.6 Å². The maximum absolute atomic E-state index is 12.4. The molecule has 0 radical (unpaired) electrons. The summed E-state index contributed by atoms with van der Waals surface area (Å²) in [7, 11) is 0. The van der Waals surface area contributed by atoms with Gasteiger partial charge in [-0.05, 0) is 39.5 Å². The first-order valence-corrected chi connectivity index (χ1v) is 7.63. The van der Waals surface area contributed by atoms with Crippen molar-refractivity contribution in [3.8, 4) is 0 Å². The summed E-state index contributed by atoms with van der Waals surface area (Å²) >= 11 is 0. The molecule has 0 spiro atoms. The van der Waals surface area contributed by atoms with Crippen LogP contribution in [-0.2, 0) is 4.74 Å². The van der Waals surface area contributed by atoms with Gasteiger partial charge in [0.25, 0.3) is 0 Å². The average Bonchev–Trinajstić information content (AvgIpc) is 3.11. The van der Waals surface area contributed by atoms with Crippen LogP contribution in [0.15, 0.2) is 0 Å². The molecule has 1 aliphatic carbocycles. The Labute approximate surface area is 116 Å². The number of nitrogens with zero attached hydrogens (tertiary/aromatic N) is 1. The van der Waals surface area contributed by atoms with Crippen molar-refractivity contribution in [2.45, 2.75) is 71.1 Å². The quantitative estimate of drug-likeness (QED) is 0.855. The van der Waals surface area contributed by atoms with Crippen LogP contribution in [0.1, 0.15) is 53.4 Å². The van der Waals surface area contributed by atoms with Gasteiger partial charge in [-0.15, -0.1) is 0 Å². The fourth-order valence-corrected chi connectivity index (χ4v) is 2.84. The van der Waals surface area contributed by atoms with Gasteiger partial charge in [0.05, 0.1) is 6.04 Å². The van der Waals surface area contributed by atoms with E-state index in [1.165, 1.54) is 12.8 Å². The van der Waals surface area contributed by atoms with Gasteiger partial charge in [0, 0.05) is 19.1 Å². The number of hydrogen-bond donors (Lipinski definition) is 1.